The van der Waals surface area contributed by atoms with Gasteiger partial charge >= 0.3 is 6.18 Å². The molecule has 0 N–H and O–H groups in total. The number of carbonyl (C=O) groups excluding carboxylic acids is 1. The molecule has 11 heteroatoms. The van der Waals surface area contributed by atoms with Crippen LogP contribution < -0.4 is 5.56 Å². The molecule has 0 aliphatic carbocycles. The lowest BCUT2D eigenvalue weighted by Crippen LogP contribution is -2.42. The minimum Gasteiger partial charge on any atom is -0.370 e. The van der Waals surface area contributed by atoms with Crippen LogP contribution in [0.2, 0.25) is 0 Å². The second-order valence-corrected chi connectivity index (χ2v) is 10.2. The lowest BCUT2D eigenvalue weighted by molar-refractivity contribution is -0.137. The predicted molar refractivity (Wildman–Crippen MR) is 138 cm³/mol. The summed E-state index contributed by atoms with van der Waals surface area (Å²) in [6.45, 7) is 3.17. The molecule has 0 radical (unpaired) electrons. The highest BCUT2D eigenvalue weighted by Gasteiger charge is 2.34. The zero-order valence-electron chi connectivity index (χ0n) is 21.4. The van der Waals surface area contributed by atoms with Crippen molar-refractivity contribution in [2.75, 3.05) is 19.7 Å². The number of ether oxygens (including phenoxy) is 1. The van der Waals surface area contributed by atoms with Gasteiger partial charge in [0.15, 0.2) is 0 Å². The highest BCUT2D eigenvalue weighted by Crippen LogP contribution is 2.38. The summed E-state index contributed by atoms with van der Waals surface area (Å²) in [7, 11) is 0. The maximum Gasteiger partial charge on any atom is 0.416 e. The van der Waals surface area contributed by atoms with E-state index in [-0.39, 0.29) is 30.2 Å². The molecular weight excluding hydrogens is 511 g/mol. The summed E-state index contributed by atoms with van der Waals surface area (Å²) in [4.78, 5) is 32.4. The van der Waals surface area contributed by atoms with Crippen molar-refractivity contribution in [1.29, 1.82) is 0 Å². The minimum absolute atomic E-state index is 0.0428. The number of alkyl halides is 3. The number of halogens is 3. The van der Waals surface area contributed by atoms with E-state index in [4.69, 9.17) is 4.74 Å². The Kier molecular flexibility index (Phi) is 6.41. The van der Waals surface area contributed by atoms with Gasteiger partial charge in [0.2, 0.25) is 5.91 Å². The molecule has 2 aliphatic heterocycles. The van der Waals surface area contributed by atoms with Crippen LogP contribution in [-0.4, -0.2) is 49.8 Å². The van der Waals surface area contributed by atoms with Gasteiger partial charge in [-0.15, -0.1) is 0 Å². The minimum atomic E-state index is -4.45. The number of hydrogen-bond donors (Lipinski definition) is 0. The third-order valence-electron chi connectivity index (χ3n) is 7.78. The molecule has 2 fully saturated rings. The van der Waals surface area contributed by atoms with Gasteiger partial charge in [0.1, 0.15) is 18.5 Å². The predicted octanol–water partition coefficient (Wildman–Crippen LogP) is 4.79. The standard InChI is InChI=1S/C28H28F3N5O3/c1-17-20-5-2-3-6-21(20)27(38)35(33-17)16-25(37)34-12-10-19(11-13-34)36-23-9-8-18(28(29,30)31)15-22(23)32-26(36)24-7-4-14-39-24/h2-3,5-6,8-9,15,19,24H,4,7,10-14,16H2,1H3. The molecule has 39 heavy (non-hydrogen) atoms. The van der Waals surface area contributed by atoms with Crippen molar-refractivity contribution in [3.05, 3.63) is 69.9 Å². The third-order valence-corrected chi connectivity index (χ3v) is 7.78. The molecule has 2 aromatic heterocycles. The smallest absolute Gasteiger partial charge is 0.370 e. The molecule has 1 atom stereocenters. The van der Waals surface area contributed by atoms with E-state index in [9.17, 15) is 22.8 Å². The van der Waals surface area contributed by atoms with E-state index >= 15 is 0 Å². The first-order valence-electron chi connectivity index (χ1n) is 13.2. The first kappa shape index (κ1) is 25.5. The van der Waals surface area contributed by atoms with Crippen molar-refractivity contribution < 1.29 is 22.7 Å². The van der Waals surface area contributed by atoms with E-state index in [1.807, 2.05) is 23.6 Å². The van der Waals surface area contributed by atoms with Crippen molar-refractivity contribution in [3.63, 3.8) is 0 Å². The van der Waals surface area contributed by atoms with E-state index < -0.39 is 11.7 Å². The van der Waals surface area contributed by atoms with Crippen molar-refractivity contribution in [2.45, 2.75) is 57.5 Å². The molecule has 1 unspecified atom stereocenters. The normalized spacial score (nSPS) is 18.9. The molecule has 0 spiro atoms. The number of aryl methyl sites for hydroxylation is 1. The third kappa shape index (κ3) is 4.69. The summed E-state index contributed by atoms with van der Waals surface area (Å²) in [5.41, 5.74) is 0.584. The molecule has 1 amide bonds. The van der Waals surface area contributed by atoms with Crippen LogP contribution in [0.5, 0.6) is 0 Å². The number of piperidine rings is 1. The second-order valence-electron chi connectivity index (χ2n) is 10.2. The summed E-state index contributed by atoms with van der Waals surface area (Å²) < 4.78 is 49.2. The lowest BCUT2D eigenvalue weighted by Gasteiger charge is -2.34. The fourth-order valence-corrected chi connectivity index (χ4v) is 5.80. The first-order valence-corrected chi connectivity index (χ1v) is 13.2. The van der Waals surface area contributed by atoms with Gasteiger partial charge in [-0.2, -0.15) is 18.3 Å². The molecule has 6 rings (SSSR count). The Bertz CT molecular complexity index is 1610. The fourth-order valence-electron chi connectivity index (χ4n) is 5.80. The monoisotopic (exact) mass is 539 g/mol. The van der Waals surface area contributed by atoms with Crippen LogP contribution in [0.4, 0.5) is 13.2 Å². The Hall–Kier alpha value is -3.73. The van der Waals surface area contributed by atoms with Gasteiger partial charge in [0.05, 0.1) is 27.7 Å². The molecule has 2 saturated heterocycles. The maximum atomic E-state index is 13.4. The zero-order chi connectivity index (χ0) is 27.3. The average Bonchev–Trinajstić information content (AvgIpc) is 3.59. The van der Waals surface area contributed by atoms with Crippen LogP contribution in [0.1, 0.15) is 54.9 Å². The Balaban J connectivity index is 1.23. The summed E-state index contributed by atoms with van der Waals surface area (Å²) in [5.74, 6) is 0.455. The Morgan fingerprint density at radius 2 is 1.82 bits per heavy atom. The number of rotatable bonds is 4. The average molecular weight is 540 g/mol. The summed E-state index contributed by atoms with van der Waals surface area (Å²) in [6, 6.07) is 10.8. The largest absolute Gasteiger partial charge is 0.416 e. The number of imidazole rings is 1. The number of hydrogen-bond acceptors (Lipinski definition) is 5. The maximum absolute atomic E-state index is 13.4. The Morgan fingerprint density at radius 1 is 1.08 bits per heavy atom. The van der Waals surface area contributed by atoms with Gasteiger partial charge in [-0.25, -0.2) is 9.67 Å². The van der Waals surface area contributed by atoms with E-state index in [0.29, 0.717) is 60.5 Å². The zero-order valence-corrected chi connectivity index (χ0v) is 21.4. The molecule has 2 aliphatic rings. The molecule has 8 nitrogen and oxygen atoms in total. The summed E-state index contributed by atoms with van der Waals surface area (Å²) in [5, 5.41) is 5.65. The van der Waals surface area contributed by atoms with Crippen molar-refractivity contribution in [1.82, 2.24) is 24.2 Å². The molecule has 0 saturated carbocycles. The van der Waals surface area contributed by atoms with E-state index in [0.717, 1.165) is 30.4 Å². The quantitative estimate of drug-likeness (QED) is 0.373. The first-order chi connectivity index (χ1) is 18.7. The van der Waals surface area contributed by atoms with Gasteiger partial charge in [0.25, 0.3) is 5.56 Å². The number of aromatic nitrogens is 4. The molecule has 204 valence electrons. The molecule has 4 heterocycles. The van der Waals surface area contributed by atoms with E-state index in [1.54, 1.807) is 17.0 Å². The number of carbonyl (C=O) groups is 1. The Labute approximate surface area is 222 Å². The molecule has 0 bridgehead atoms. The summed E-state index contributed by atoms with van der Waals surface area (Å²) in [6.07, 6.45) is -1.86. The second kappa shape index (κ2) is 9.78. The number of likely N-dealkylation sites (tertiary alicyclic amines) is 1. The van der Waals surface area contributed by atoms with Crippen LogP contribution >= 0.6 is 0 Å². The van der Waals surface area contributed by atoms with Gasteiger partial charge in [-0.05, 0) is 56.9 Å². The van der Waals surface area contributed by atoms with Crippen molar-refractivity contribution in [2.24, 2.45) is 0 Å². The molecule has 2 aromatic carbocycles. The van der Waals surface area contributed by atoms with Crippen LogP contribution in [0.25, 0.3) is 21.8 Å². The highest BCUT2D eigenvalue weighted by molar-refractivity contribution is 5.84. The number of benzene rings is 2. The van der Waals surface area contributed by atoms with Gasteiger partial charge in [-0.1, -0.05) is 18.2 Å². The van der Waals surface area contributed by atoms with Gasteiger partial charge in [0, 0.05) is 31.1 Å². The Morgan fingerprint density at radius 3 is 2.51 bits per heavy atom. The van der Waals surface area contributed by atoms with Crippen LogP contribution in [0, 0.1) is 6.92 Å². The summed E-state index contributed by atoms with van der Waals surface area (Å²) >= 11 is 0. The van der Waals surface area contributed by atoms with Crippen LogP contribution in [0.3, 0.4) is 0 Å². The van der Waals surface area contributed by atoms with Crippen LogP contribution in [0.15, 0.2) is 47.3 Å². The number of nitrogens with zero attached hydrogens (tertiary/aromatic N) is 5. The molecule has 4 aromatic rings. The van der Waals surface area contributed by atoms with Gasteiger partial charge < -0.3 is 14.2 Å². The molecular formula is C28H28F3N5O3. The van der Waals surface area contributed by atoms with E-state index in [2.05, 4.69) is 10.1 Å². The van der Waals surface area contributed by atoms with Crippen LogP contribution in [-0.2, 0) is 22.3 Å². The lowest BCUT2D eigenvalue weighted by atomic mass is 10.0. The van der Waals surface area contributed by atoms with Gasteiger partial charge in [-0.3, -0.25) is 9.59 Å². The van der Waals surface area contributed by atoms with Crippen molar-refractivity contribution in [3.8, 4) is 0 Å². The number of amides is 1. The SMILES string of the molecule is Cc1nn(CC(=O)N2CCC(n3c(C4CCCO4)nc4cc(C(F)(F)F)ccc43)CC2)c(=O)c2ccccc12. The number of fused-ring (bicyclic) bond motifs is 2. The topological polar surface area (TPSA) is 82.2 Å². The van der Waals surface area contributed by atoms with E-state index in [1.165, 1.54) is 10.7 Å². The van der Waals surface area contributed by atoms with Crippen molar-refractivity contribution >= 4 is 27.7 Å². The fraction of sp³-hybridized carbons (Fsp3) is 0.429. The highest BCUT2D eigenvalue weighted by atomic mass is 19.4.